The Hall–Kier alpha value is -2.15. The van der Waals surface area contributed by atoms with Gasteiger partial charge in [-0.15, -0.1) is 12.3 Å². The van der Waals surface area contributed by atoms with Gasteiger partial charge in [-0.1, -0.05) is 12.1 Å². The SMILES string of the molecule is C#CCCNC(=O)CCOc1ccccc1N. The fourth-order valence-electron chi connectivity index (χ4n) is 1.23. The van der Waals surface area contributed by atoms with Gasteiger partial charge in [0.1, 0.15) is 5.75 Å². The second-order valence-electron chi connectivity index (χ2n) is 3.44. The molecular weight excluding hydrogens is 216 g/mol. The number of nitrogens with two attached hydrogens (primary N) is 1. The van der Waals surface area contributed by atoms with E-state index in [0.29, 0.717) is 37.4 Å². The predicted octanol–water partition coefficient (Wildman–Crippen LogP) is 1.18. The number of amides is 1. The average molecular weight is 232 g/mol. The molecule has 0 spiro atoms. The van der Waals surface area contributed by atoms with Gasteiger partial charge in [-0.05, 0) is 12.1 Å². The summed E-state index contributed by atoms with van der Waals surface area (Å²) in [5.74, 6) is 2.98. The number of ether oxygens (including phenoxy) is 1. The van der Waals surface area contributed by atoms with Crippen LogP contribution >= 0.6 is 0 Å². The van der Waals surface area contributed by atoms with E-state index in [2.05, 4.69) is 11.2 Å². The molecule has 0 saturated heterocycles. The van der Waals surface area contributed by atoms with Crippen molar-refractivity contribution in [1.29, 1.82) is 0 Å². The average Bonchev–Trinajstić information content (AvgIpc) is 2.32. The van der Waals surface area contributed by atoms with Crippen molar-refractivity contribution in [2.75, 3.05) is 18.9 Å². The fraction of sp³-hybridized carbons (Fsp3) is 0.308. The highest BCUT2D eigenvalue weighted by Crippen LogP contribution is 2.19. The summed E-state index contributed by atoms with van der Waals surface area (Å²) in [6, 6.07) is 7.18. The second-order valence-corrected chi connectivity index (χ2v) is 3.44. The van der Waals surface area contributed by atoms with Crippen LogP contribution in [-0.2, 0) is 4.79 Å². The van der Waals surface area contributed by atoms with E-state index >= 15 is 0 Å². The molecule has 1 amide bonds. The van der Waals surface area contributed by atoms with Gasteiger partial charge in [0.2, 0.25) is 5.91 Å². The zero-order valence-corrected chi connectivity index (χ0v) is 9.61. The quantitative estimate of drug-likeness (QED) is 0.440. The minimum absolute atomic E-state index is 0.0743. The first kappa shape index (κ1) is 12.9. The highest BCUT2D eigenvalue weighted by atomic mass is 16.5. The van der Waals surface area contributed by atoms with Gasteiger partial charge in [0.05, 0.1) is 18.7 Å². The molecule has 0 bridgehead atoms. The number of carbonyl (C=O) groups is 1. The maximum atomic E-state index is 11.3. The van der Waals surface area contributed by atoms with E-state index in [4.69, 9.17) is 16.9 Å². The van der Waals surface area contributed by atoms with Crippen molar-refractivity contribution >= 4 is 11.6 Å². The second kappa shape index (κ2) is 7.18. The lowest BCUT2D eigenvalue weighted by molar-refractivity contribution is -0.121. The van der Waals surface area contributed by atoms with Crippen LogP contribution in [0.15, 0.2) is 24.3 Å². The third kappa shape index (κ3) is 4.94. The Morgan fingerprint density at radius 2 is 2.24 bits per heavy atom. The number of hydrogen-bond donors (Lipinski definition) is 2. The van der Waals surface area contributed by atoms with Crippen LogP contribution in [0.4, 0.5) is 5.69 Å². The Balaban J connectivity index is 2.22. The van der Waals surface area contributed by atoms with Gasteiger partial charge in [-0.2, -0.15) is 0 Å². The third-order valence-electron chi connectivity index (χ3n) is 2.10. The molecule has 17 heavy (non-hydrogen) atoms. The predicted molar refractivity (Wildman–Crippen MR) is 67.4 cm³/mol. The first-order valence-corrected chi connectivity index (χ1v) is 5.41. The number of para-hydroxylation sites is 2. The minimum atomic E-state index is -0.0743. The molecule has 0 saturated carbocycles. The first-order chi connectivity index (χ1) is 8.24. The summed E-state index contributed by atoms with van der Waals surface area (Å²) in [4.78, 5) is 11.3. The van der Waals surface area contributed by atoms with Gasteiger partial charge in [-0.25, -0.2) is 0 Å². The fourth-order valence-corrected chi connectivity index (χ4v) is 1.23. The Kier molecular flexibility index (Phi) is 5.45. The summed E-state index contributed by atoms with van der Waals surface area (Å²) in [6.45, 7) is 0.804. The molecule has 1 aromatic carbocycles. The van der Waals surface area contributed by atoms with E-state index in [1.165, 1.54) is 0 Å². The summed E-state index contributed by atoms with van der Waals surface area (Å²) in [5, 5.41) is 2.69. The van der Waals surface area contributed by atoms with Gasteiger partial charge in [0, 0.05) is 13.0 Å². The summed E-state index contributed by atoms with van der Waals surface area (Å²) >= 11 is 0. The van der Waals surface area contributed by atoms with Gasteiger partial charge < -0.3 is 15.8 Å². The molecule has 0 radical (unpaired) electrons. The van der Waals surface area contributed by atoms with E-state index < -0.39 is 0 Å². The van der Waals surface area contributed by atoms with Crippen LogP contribution in [0.25, 0.3) is 0 Å². The normalized spacial score (nSPS) is 9.35. The third-order valence-corrected chi connectivity index (χ3v) is 2.10. The van der Waals surface area contributed by atoms with Crippen molar-refractivity contribution in [3.05, 3.63) is 24.3 Å². The lowest BCUT2D eigenvalue weighted by Crippen LogP contribution is -2.25. The van der Waals surface area contributed by atoms with Crippen LogP contribution in [0.5, 0.6) is 5.75 Å². The standard InChI is InChI=1S/C13H16N2O2/c1-2-3-9-15-13(16)8-10-17-12-7-5-4-6-11(12)14/h1,4-7H,3,8-10,14H2,(H,15,16). The number of terminal acetylenes is 1. The van der Waals surface area contributed by atoms with Gasteiger partial charge in [0.15, 0.2) is 0 Å². The largest absolute Gasteiger partial charge is 0.491 e. The van der Waals surface area contributed by atoms with Crippen LogP contribution in [0.2, 0.25) is 0 Å². The van der Waals surface area contributed by atoms with Gasteiger partial charge in [-0.3, -0.25) is 4.79 Å². The lowest BCUT2D eigenvalue weighted by atomic mass is 10.3. The van der Waals surface area contributed by atoms with Crippen molar-refractivity contribution in [2.45, 2.75) is 12.8 Å². The molecule has 4 heteroatoms. The molecule has 3 N–H and O–H groups in total. The maximum absolute atomic E-state index is 11.3. The Labute approximate surface area is 101 Å². The van der Waals surface area contributed by atoms with Gasteiger partial charge >= 0.3 is 0 Å². The molecule has 0 aliphatic carbocycles. The van der Waals surface area contributed by atoms with Gasteiger partial charge in [0.25, 0.3) is 0 Å². The van der Waals surface area contributed by atoms with Crippen molar-refractivity contribution in [3.8, 4) is 18.1 Å². The number of nitrogen functional groups attached to an aromatic ring is 1. The van der Waals surface area contributed by atoms with Crippen molar-refractivity contribution < 1.29 is 9.53 Å². The molecule has 90 valence electrons. The summed E-state index contributed by atoms with van der Waals surface area (Å²) in [7, 11) is 0. The van der Waals surface area contributed by atoms with Crippen molar-refractivity contribution in [3.63, 3.8) is 0 Å². The summed E-state index contributed by atoms with van der Waals surface area (Å²) in [6.07, 6.45) is 5.90. The number of nitrogens with one attached hydrogen (secondary N) is 1. The molecule has 0 aromatic heterocycles. The summed E-state index contributed by atoms with van der Waals surface area (Å²) < 4.78 is 5.39. The van der Waals surface area contributed by atoms with Crippen molar-refractivity contribution in [1.82, 2.24) is 5.32 Å². The van der Waals surface area contributed by atoms with E-state index in [1.807, 2.05) is 12.1 Å². The molecular formula is C13H16N2O2. The number of anilines is 1. The minimum Gasteiger partial charge on any atom is -0.491 e. The topological polar surface area (TPSA) is 64.3 Å². The van der Waals surface area contributed by atoms with E-state index in [-0.39, 0.29) is 5.91 Å². The Morgan fingerprint density at radius 1 is 1.47 bits per heavy atom. The number of hydrogen-bond acceptors (Lipinski definition) is 3. The maximum Gasteiger partial charge on any atom is 0.223 e. The molecule has 0 unspecified atom stereocenters. The number of rotatable bonds is 6. The van der Waals surface area contributed by atoms with Crippen LogP contribution in [0, 0.1) is 12.3 Å². The zero-order chi connectivity index (χ0) is 12.5. The molecule has 0 aliphatic heterocycles. The number of carbonyl (C=O) groups excluding carboxylic acids is 1. The number of benzene rings is 1. The molecule has 0 atom stereocenters. The molecule has 0 fully saturated rings. The zero-order valence-electron chi connectivity index (χ0n) is 9.61. The molecule has 1 rings (SSSR count). The highest BCUT2D eigenvalue weighted by molar-refractivity contribution is 5.76. The van der Waals surface area contributed by atoms with Crippen LogP contribution in [-0.4, -0.2) is 19.1 Å². The van der Waals surface area contributed by atoms with Crippen LogP contribution in [0.3, 0.4) is 0 Å². The Bertz CT molecular complexity index is 410. The molecule has 4 nitrogen and oxygen atoms in total. The van der Waals surface area contributed by atoms with Crippen LogP contribution in [0.1, 0.15) is 12.8 Å². The van der Waals surface area contributed by atoms with E-state index in [0.717, 1.165) is 0 Å². The summed E-state index contributed by atoms with van der Waals surface area (Å²) in [5.41, 5.74) is 6.26. The van der Waals surface area contributed by atoms with Crippen LogP contribution < -0.4 is 15.8 Å². The first-order valence-electron chi connectivity index (χ1n) is 5.41. The monoisotopic (exact) mass is 232 g/mol. The Morgan fingerprint density at radius 3 is 2.94 bits per heavy atom. The lowest BCUT2D eigenvalue weighted by Gasteiger charge is -2.08. The van der Waals surface area contributed by atoms with E-state index in [9.17, 15) is 4.79 Å². The van der Waals surface area contributed by atoms with Crippen molar-refractivity contribution in [2.24, 2.45) is 0 Å². The van der Waals surface area contributed by atoms with E-state index in [1.54, 1.807) is 12.1 Å². The molecule has 0 heterocycles. The molecule has 0 aliphatic rings. The smallest absolute Gasteiger partial charge is 0.223 e. The highest BCUT2D eigenvalue weighted by Gasteiger charge is 2.02. The molecule has 1 aromatic rings.